The molecular weight excluding hydrogens is 381 g/mol. The summed E-state index contributed by atoms with van der Waals surface area (Å²) < 4.78 is 18.2. The average Bonchev–Trinajstić information content (AvgIpc) is 3.10. The van der Waals surface area contributed by atoms with Gasteiger partial charge in [0.1, 0.15) is 5.76 Å². The number of likely N-dealkylation sites (tertiary alicyclic amines) is 1. The summed E-state index contributed by atoms with van der Waals surface area (Å²) in [6.07, 6.45) is 4.40. The van der Waals surface area contributed by atoms with Crippen LogP contribution in [0.4, 0.5) is 4.79 Å². The van der Waals surface area contributed by atoms with Crippen molar-refractivity contribution in [3.05, 3.63) is 35.1 Å². The van der Waals surface area contributed by atoms with Crippen molar-refractivity contribution in [1.82, 2.24) is 15.0 Å². The van der Waals surface area contributed by atoms with Crippen LogP contribution in [0.3, 0.4) is 0 Å². The third kappa shape index (κ3) is 2.63. The van der Waals surface area contributed by atoms with E-state index in [9.17, 15) is 4.79 Å². The SMILES string of the molecule is BNCCN(C)C(=O)OC1=CCC2[C@H]3Cc4ccc(OC)c5c4[C@@]2(CCN3C)C1O5. The first-order valence-electron chi connectivity index (χ1n) is 10.9. The highest BCUT2D eigenvalue weighted by molar-refractivity contribution is 6.04. The van der Waals surface area contributed by atoms with Crippen LogP contribution in [0.15, 0.2) is 24.0 Å². The lowest BCUT2D eigenvalue weighted by Crippen LogP contribution is -2.63. The third-order valence-electron chi connectivity index (χ3n) is 7.64. The van der Waals surface area contributed by atoms with Gasteiger partial charge in [-0.25, -0.2) is 4.79 Å². The van der Waals surface area contributed by atoms with Gasteiger partial charge in [0.05, 0.1) is 7.11 Å². The Labute approximate surface area is 178 Å². The predicted molar refractivity (Wildman–Crippen MR) is 116 cm³/mol. The molecule has 1 aromatic carbocycles. The maximum atomic E-state index is 12.7. The summed E-state index contributed by atoms with van der Waals surface area (Å²) in [6.45, 7) is 2.32. The van der Waals surface area contributed by atoms with Gasteiger partial charge in [-0.15, -0.1) is 0 Å². The number of benzene rings is 1. The molecular formula is C22H30BN3O4. The average molecular weight is 411 g/mol. The molecule has 4 atom stereocenters. The van der Waals surface area contributed by atoms with Gasteiger partial charge in [0, 0.05) is 37.2 Å². The summed E-state index contributed by atoms with van der Waals surface area (Å²) in [5, 5.41) is 3.06. The van der Waals surface area contributed by atoms with Crippen LogP contribution >= 0.6 is 0 Å². The highest BCUT2D eigenvalue weighted by Crippen LogP contribution is 2.63. The van der Waals surface area contributed by atoms with E-state index < -0.39 is 0 Å². The number of carbonyl (C=O) groups is 1. The lowest BCUT2D eigenvalue weighted by Gasteiger charge is -2.56. The number of hydrogen-bond donors (Lipinski definition) is 1. The van der Waals surface area contributed by atoms with Crippen molar-refractivity contribution in [2.24, 2.45) is 5.92 Å². The second-order valence-corrected chi connectivity index (χ2v) is 9.01. The smallest absolute Gasteiger partial charge is 0.414 e. The molecule has 1 saturated heterocycles. The topological polar surface area (TPSA) is 63.3 Å². The molecule has 1 spiro atoms. The van der Waals surface area contributed by atoms with Crippen LogP contribution in [0.25, 0.3) is 0 Å². The number of nitrogens with one attached hydrogen (secondary N) is 1. The number of rotatable bonds is 5. The standard InChI is InChI=1S/C22H30BN3O4/c1-25-10-8-22-14-5-7-17(29-21(27)26(2)11-9-24-23)20(22)30-19-16(28-3)6-4-13(18(19)22)12-15(14)25/h4,6-7,14-15,20,24H,5,8-12,23H2,1-3H3/t14?,15-,20?,22+/m1/s1. The maximum absolute atomic E-state index is 12.7. The quantitative estimate of drug-likeness (QED) is 0.732. The number of methoxy groups -OCH3 is 1. The first-order valence-corrected chi connectivity index (χ1v) is 10.9. The zero-order valence-corrected chi connectivity index (χ0v) is 18.2. The Balaban J connectivity index is 1.54. The number of carbonyl (C=O) groups excluding carboxylic acids is 1. The molecule has 30 heavy (non-hydrogen) atoms. The number of likely N-dealkylation sites (N-methyl/N-ethyl adjacent to an activating group) is 2. The Morgan fingerprint density at radius 1 is 1.47 bits per heavy atom. The second kappa shape index (κ2) is 7.20. The van der Waals surface area contributed by atoms with Crippen molar-refractivity contribution in [3.63, 3.8) is 0 Å². The Hall–Kier alpha value is -2.19. The molecule has 1 amide bonds. The molecule has 1 fully saturated rings. The van der Waals surface area contributed by atoms with Crippen LogP contribution < -0.4 is 14.7 Å². The minimum absolute atomic E-state index is 0.150. The molecule has 0 saturated carbocycles. The van der Waals surface area contributed by atoms with Crippen molar-refractivity contribution in [2.75, 3.05) is 40.8 Å². The van der Waals surface area contributed by atoms with Crippen LogP contribution in [0, 0.1) is 5.92 Å². The van der Waals surface area contributed by atoms with Crippen LogP contribution in [0.5, 0.6) is 11.5 Å². The largest absolute Gasteiger partial charge is 0.493 e. The van der Waals surface area contributed by atoms with Gasteiger partial charge < -0.3 is 29.2 Å². The fraction of sp³-hybridized carbons (Fsp3) is 0.591. The third-order valence-corrected chi connectivity index (χ3v) is 7.64. The molecule has 2 aliphatic heterocycles. The Morgan fingerprint density at radius 3 is 3.07 bits per heavy atom. The van der Waals surface area contributed by atoms with E-state index in [0.29, 0.717) is 24.3 Å². The number of allylic oxidation sites excluding steroid dienone is 1. The van der Waals surface area contributed by atoms with Gasteiger partial charge in [0.2, 0.25) is 0 Å². The van der Waals surface area contributed by atoms with E-state index in [4.69, 9.17) is 14.2 Å². The molecule has 1 N–H and O–H groups in total. The van der Waals surface area contributed by atoms with Crippen LogP contribution in [-0.4, -0.2) is 76.9 Å². The molecule has 2 heterocycles. The summed E-state index contributed by atoms with van der Waals surface area (Å²) in [5.74, 6) is 2.72. The lowest BCUT2D eigenvalue weighted by atomic mass is 9.53. The van der Waals surface area contributed by atoms with Crippen molar-refractivity contribution in [3.8, 4) is 11.5 Å². The molecule has 0 aromatic heterocycles. The number of piperidine rings is 1. The molecule has 5 rings (SSSR count). The summed E-state index contributed by atoms with van der Waals surface area (Å²) in [5.41, 5.74) is 2.49. The minimum atomic E-state index is -0.335. The van der Waals surface area contributed by atoms with E-state index in [-0.39, 0.29) is 17.6 Å². The van der Waals surface area contributed by atoms with Crippen LogP contribution in [-0.2, 0) is 16.6 Å². The van der Waals surface area contributed by atoms with Gasteiger partial charge >= 0.3 is 6.09 Å². The number of hydrogen-bond acceptors (Lipinski definition) is 6. The monoisotopic (exact) mass is 411 g/mol. The van der Waals surface area contributed by atoms with Crippen molar-refractivity contribution >= 4 is 14.1 Å². The number of amides is 1. The number of ether oxygens (including phenoxy) is 3. The van der Waals surface area contributed by atoms with E-state index in [1.807, 2.05) is 14.0 Å². The fourth-order valence-electron chi connectivity index (χ4n) is 6.11. The Kier molecular flexibility index (Phi) is 4.74. The van der Waals surface area contributed by atoms with E-state index in [0.717, 1.165) is 43.9 Å². The van der Waals surface area contributed by atoms with Gasteiger partial charge in [0.15, 0.2) is 25.6 Å². The molecule has 7 nitrogen and oxygen atoms in total. The van der Waals surface area contributed by atoms with E-state index in [1.54, 1.807) is 19.1 Å². The zero-order chi connectivity index (χ0) is 21.0. The van der Waals surface area contributed by atoms with Gasteiger partial charge in [-0.05, 0) is 56.5 Å². The van der Waals surface area contributed by atoms with Gasteiger partial charge in [-0.1, -0.05) is 6.07 Å². The zero-order valence-electron chi connectivity index (χ0n) is 18.2. The molecule has 8 heteroatoms. The molecule has 1 aromatic rings. The Morgan fingerprint density at radius 2 is 2.30 bits per heavy atom. The molecule has 2 unspecified atom stereocenters. The maximum Gasteiger partial charge on any atom is 0.414 e. The van der Waals surface area contributed by atoms with E-state index in [1.165, 1.54) is 11.1 Å². The summed E-state index contributed by atoms with van der Waals surface area (Å²) >= 11 is 0. The van der Waals surface area contributed by atoms with Crippen molar-refractivity contribution in [2.45, 2.75) is 36.8 Å². The fourth-order valence-corrected chi connectivity index (χ4v) is 6.11. The van der Waals surface area contributed by atoms with E-state index in [2.05, 4.69) is 29.3 Å². The molecule has 2 bridgehead atoms. The minimum Gasteiger partial charge on any atom is -0.493 e. The van der Waals surface area contributed by atoms with Gasteiger partial charge in [-0.3, -0.25) is 0 Å². The summed E-state index contributed by atoms with van der Waals surface area (Å²) in [6, 6.07) is 4.69. The van der Waals surface area contributed by atoms with Gasteiger partial charge in [0.25, 0.3) is 0 Å². The molecule has 4 aliphatic rings. The number of nitrogens with zero attached hydrogens (tertiary/aromatic N) is 2. The second-order valence-electron chi connectivity index (χ2n) is 9.01. The van der Waals surface area contributed by atoms with Gasteiger partial charge in [-0.2, -0.15) is 0 Å². The normalized spacial score (nSPS) is 30.8. The van der Waals surface area contributed by atoms with E-state index >= 15 is 0 Å². The first kappa shape index (κ1) is 19.8. The van der Waals surface area contributed by atoms with Crippen LogP contribution in [0.1, 0.15) is 24.0 Å². The molecule has 2 aliphatic carbocycles. The predicted octanol–water partition coefficient (Wildman–Crippen LogP) is 1.06. The Bertz CT molecular complexity index is 907. The molecule has 0 radical (unpaired) electrons. The molecule has 160 valence electrons. The summed E-state index contributed by atoms with van der Waals surface area (Å²) in [7, 11) is 7.55. The first-order chi connectivity index (χ1) is 14.5. The van der Waals surface area contributed by atoms with Crippen molar-refractivity contribution < 1.29 is 19.0 Å². The highest BCUT2D eigenvalue weighted by Gasteiger charge is 2.64. The highest BCUT2D eigenvalue weighted by atomic mass is 16.6. The van der Waals surface area contributed by atoms with Crippen LogP contribution in [0.2, 0.25) is 0 Å². The summed E-state index contributed by atoms with van der Waals surface area (Å²) in [4.78, 5) is 16.8. The lowest BCUT2D eigenvalue weighted by molar-refractivity contribution is -0.0259. The van der Waals surface area contributed by atoms with Crippen molar-refractivity contribution in [1.29, 1.82) is 0 Å².